The molecule has 0 amide bonds. The summed E-state index contributed by atoms with van der Waals surface area (Å²) in [5, 5.41) is 1.68. The van der Waals surface area contributed by atoms with E-state index in [0.717, 1.165) is 16.5 Å². The first-order chi connectivity index (χ1) is 16.3. The summed E-state index contributed by atoms with van der Waals surface area (Å²) >= 11 is 18.8. The minimum absolute atomic E-state index is 0.00959. The zero-order chi connectivity index (χ0) is 24.2. The number of fused-ring (bicyclic) bond motifs is 1. The molecule has 0 aliphatic carbocycles. The molecule has 172 valence electrons. The van der Waals surface area contributed by atoms with Gasteiger partial charge in [-0.15, -0.1) is 0 Å². The molecule has 2 aromatic heterocycles. The Labute approximate surface area is 211 Å². The van der Waals surface area contributed by atoms with Crippen molar-refractivity contribution >= 4 is 63.8 Å². The van der Waals surface area contributed by atoms with Gasteiger partial charge in [-0.2, -0.15) is 0 Å². The van der Waals surface area contributed by atoms with Crippen molar-refractivity contribution < 1.29 is 9.53 Å². The molecule has 0 unspecified atom stereocenters. The van der Waals surface area contributed by atoms with Gasteiger partial charge in [-0.25, -0.2) is 19.8 Å². The van der Waals surface area contributed by atoms with Crippen LogP contribution in [0.2, 0.25) is 15.1 Å². The molecule has 0 saturated heterocycles. The van der Waals surface area contributed by atoms with Crippen molar-refractivity contribution in [3.63, 3.8) is 0 Å². The number of esters is 1. The number of benzene rings is 2. The number of rotatable bonds is 6. The third kappa shape index (κ3) is 5.44. The Morgan fingerprint density at radius 3 is 2.65 bits per heavy atom. The van der Waals surface area contributed by atoms with Gasteiger partial charge in [-0.3, -0.25) is 4.98 Å². The maximum absolute atomic E-state index is 13.0. The molecule has 0 fully saturated rings. The molecule has 0 bridgehead atoms. The molecule has 4 aromatic rings. The molecule has 2 aromatic carbocycles. The molecule has 34 heavy (non-hydrogen) atoms. The molecular weight excluding hydrogens is 497 g/mol. The predicted molar refractivity (Wildman–Crippen MR) is 135 cm³/mol. The Balaban J connectivity index is 1.68. The molecule has 2 heterocycles. The van der Waals surface area contributed by atoms with Crippen molar-refractivity contribution in [2.75, 3.05) is 14.1 Å². The van der Waals surface area contributed by atoms with Gasteiger partial charge in [0.2, 0.25) is 0 Å². The number of nitrogens with zero attached hydrogens (tertiary/aromatic N) is 5. The molecular formula is C24H18Cl3N5O2. The lowest BCUT2D eigenvalue weighted by molar-refractivity contribution is 0.0465. The molecule has 7 nitrogen and oxygen atoms in total. The van der Waals surface area contributed by atoms with Crippen molar-refractivity contribution in [1.82, 2.24) is 19.9 Å². The number of hydrogen-bond donors (Lipinski definition) is 0. The maximum atomic E-state index is 13.0. The van der Waals surface area contributed by atoms with Crippen LogP contribution in [0.4, 0.5) is 5.82 Å². The summed E-state index contributed by atoms with van der Waals surface area (Å²) in [4.78, 5) is 32.1. The first kappa shape index (κ1) is 23.9. The zero-order valence-electron chi connectivity index (χ0n) is 18.2. The molecule has 0 radical (unpaired) electrons. The van der Waals surface area contributed by atoms with Gasteiger partial charge in [0.25, 0.3) is 0 Å². The fourth-order valence-corrected chi connectivity index (χ4v) is 3.73. The van der Waals surface area contributed by atoms with Gasteiger partial charge < -0.3 is 9.64 Å². The number of carbonyl (C=O) groups is 1. The van der Waals surface area contributed by atoms with Crippen LogP contribution in [0, 0.1) is 0 Å². The number of hydrogen-bond acceptors (Lipinski definition) is 6. The second-order valence-corrected chi connectivity index (χ2v) is 8.70. The summed E-state index contributed by atoms with van der Waals surface area (Å²) in [5.74, 6) is -0.463. The van der Waals surface area contributed by atoms with Crippen LogP contribution in [0.25, 0.3) is 22.3 Å². The Kier molecular flexibility index (Phi) is 7.26. The third-order valence-corrected chi connectivity index (χ3v) is 5.52. The van der Waals surface area contributed by atoms with E-state index in [-0.39, 0.29) is 29.0 Å². The number of aromatic nitrogens is 3. The van der Waals surface area contributed by atoms with Crippen LogP contribution >= 0.6 is 34.8 Å². The second kappa shape index (κ2) is 10.3. The highest BCUT2D eigenvalue weighted by atomic mass is 35.5. The fraction of sp³-hybridized carbons (Fsp3) is 0.125. The summed E-state index contributed by atoms with van der Waals surface area (Å²) < 4.78 is 5.49. The number of ether oxygens (including phenoxy) is 1. The van der Waals surface area contributed by atoms with Crippen LogP contribution in [0.5, 0.6) is 0 Å². The van der Waals surface area contributed by atoms with E-state index in [9.17, 15) is 4.79 Å². The molecule has 0 aliphatic rings. The van der Waals surface area contributed by atoms with Gasteiger partial charge in [-0.05, 0) is 30.3 Å². The molecule has 0 atom stereocenters. The van der Waals surface area contributed by atoms with E-state index in [4.69, 9.17) is 39.5 Å². The lowest BCUT2D eigenvalue weighted by atomic mass is 10.2. The largest absolute Gasteiger partial charge is 0.456 e. The summed E-state index contributed by atoms with van der Waals surface area (Å²) in [6.07, 6.45) is 3.17. The van der Waals surface area contributed by atoms with Crippen LogP contribution in [-0.2, 0) is 11.3 Å². The zero-order valence-corrected chi connectivity index (χ0v) is 20.4. The molecule has 0 aliphatic heterocycles. The minimum atomic E-state index is -0.729. The maximum Gasteiger partial charge on any atom is 0.359 e. The van der Waals surface area contributed by atoms with Crippen LogP contribution in [0.1, 0.15) is 16.1 Å². The molecule has 0 N–H and O–H groups in total. The van der Waals surface area contributed by atoms with E-state index in [0.29, 0.717) is 15.6 Å². The minimum Gasteiger partial charge on any atom is -0.456 e. The highest BCUT2D eigenvalue weighted by molar-refractivity contribution is 6.37. The van der Waals surface area contributed by atoms with Crippen LogP contribution in [0.3, 0.4) is 0 Å². The number of para-hydroxylation sites is 1. The van der Waals surface area contributed by atoms with E-state index < -0.39 is 5.97 Å². The summed E-state index contributed by atoms with van der Waals surface area (Å²) in [6, 6.07) is 14.4. The van der Waals surface area contributed by atoms with E-state index in [1.807, 2.05) is 30.3 Å². The Morgan fingerprint density at radius 1 is 1.09 bits per heavy atom. The van der Waals surface area contributed by atoms with Gasteiger partial charge in [0.1, 0.15) is 11.6 Å². The Morgan fingerprint density at radius 2 is 1.88 bits per heavy atom. The molecule has 0 saturated carbocycles. The standard InChI is InChI=1S/C24H18Cl3N5O2/c1-32(2)13-29-23-20(27)21(30-22(31-23)17-8-7-16(25)10-18(17)26)24(33)34-12-14-9-15-5-3-4-6-19(15)28-11-14/h3-11,13H,12H2,1-2H3. The van der Waals surface area contributed by atoms with Crippen LogP contribution in [-0.4, -0.2) is 46.3 Å². The quantitative estimate of drug-likeness (QED) is 0.172. The number of pyridine rings is 1. The van der Waals surface area contributed by atoms with Crippen LogP contribution < -0.4 is 0 Å². The average molecular weight is 515 g/mol. The molecule has 0 spiro atoms. The van der Waals surface area contributed by atoms with E-state index in [2.05, 4.69) is 19.9 Å². The number of carbonyl (C=O) groups excluding carboxylic acids is 1. The summed E-state index contributed by atoms with van der Waals surface area (Å²) in [7, 11) is 3.59. The topological polar surface area (TPSA) is 80.6 Å². The van der Waals surface area contributed by atoms with Crippen molar-refractivity contribution in [1.29, 1.82) is 0 Å². The van der Waals surface area contributed by atoms with Crippen molar-refractivity contribution in [3.05, 3.63) is 81.1 Å². The highest BCUT2D eigenvalue weighted by Crippen LogP contribution is 2.33. The molecule has 4 rings (SSSR count). The number of aliphatic imine (C=N–C) groups is 1. The predicted octanol–water partition coefficient (Wildman–Crippen LogP) is 6.23. The second-order valence-electron chi connectivity index (χ2n) is 7.48. The lowest BCUT2D eigenvalue weighted by Crippen LogP contribution is -2.11. The van der Waals surface area contributed by atoms with Gasteiger partial charge in [0.15, 0.2) is 17.3 Å². The normalized spacial score (nSPS) is 11.2. The van der Waals surface area contributed by atoms with Gasteiger partial charge in [0.05, 0.1) is 16.9 Å². The Hall–Kier alpha value is -3.26. The van der Waals surface area contributed by atoms with Gasteiger partial charge in [0, 0.05) is 41.8 Å². The summed E-state index contributed by atoms with van der Waals surface area (Å²) in [6.45, 7) is -0.00959. The lowest BCUT2D eigenvalue weighted by Gasteiger charge is -2.11. The fourth-order valence-electron chi connectivity index (χ4n) is 3.03. The smallest absolute Gasteiger partial charge is 0.359 e. The molecule has 10 heteroatoms. The highest BCUT2D eigenvalue weighted by Gasteiger charge is 2.22. The van der Waals surface area contributed by atoms with Crippen molar-refractivity contribution in [3.8, 4) is 11.4 Å². The van der Waals surface area contributed by atoms with Gasteiger partial charge in [-0.1, -0.05) is 53.0 Å². The number of halogens is 3. The third-order valence-electron chi connectivity index (χ3n) is 4.63. The Bertz CT molecular complexity index is 1410. The first-order valence-corrected chi connectivity index (χ1v) is 11.2. The summed E-state index contributed by atoms with van der Waals surface area (Å²) in [5.41, 5.74) is 1.92. The van der Waals surface area contributed by atoms with Gasteiger partial charge >= 0.3 is 5.97 Å². The van der Waals surface area contributed by atoms with E-state index >= 15 is 0 Å². The van der Waals surface area contributed by atoms with E-state index in [1.54, 1.807) is 43.4 Å². The van der Waals surface area contributed by atoms with E-state index in [1.165, 1.54) is 6.34 Å². The van der Waals surface area contributed by atoms with Crippen molar-refractivity contribution in [2.45, 2.75) is 6.61 Å². The first-order valence-electron chi connectivity index (χ1n) is 10.1. The monoisotopic (exact) mass is 513 g/mol. The average Bonchev–Trinajstić information content (AvgIpc) is 2.82. The van der Waals surface area contributed by atoms with Crippen molar-refractivity contribution in [2.24, 2.45) is 4.99 Å². The van der Waals surface area contributed by atoms with Crippen LogP contribution in [0.15, 0.2) is 59.7 Å². The SMILES string of the molecule is CN(C)C=Nc1nc(-c2ccc(Cl)cc2Cl)nc(C(=O)OCc2cnc3ccccc3c2)c1Cl.